The molecule has 1 saturated carbocycles. The molecule has 2 aliphatic carbocycles. The lowest BCUT2D eigenvalue weighted by molar-refractivity contribution is 0.153. The van der Waals surface area contributed by atoms with Crippen LogP contribution in [0.5, 0.6) is 0 Å². The minimum absolute atomic E-state index is 0.446. The zero-order chi connectivity index (χ0) is 14.8. The summed E-state index contributed by atoms with van der Waals surface area (Å²) in [7, 11) is 0. The van der Waals surface area contributed by atoms with E-state index in [-0.39, 0.29) is 0 Å². The molecule has 0 saturated heterocycles. The van der Waals surface area contributed by atoms with Crippen molar-refractivity contribution < 1.29 is 0 Å². The van der Waals surface area contributed by atoms with Gasteiger partial charge in [0.05, 0.1) is 0 Å². The van der Waals surface area contributed by atoms with E-state index in [1.165, 1.54) is 38.5 Å². The third-order valence-electron chi connectivity index (χ3n) is 6.19. The molecular formula is C19H30N2. The van der Waals surface area contributed by atoms with Crippen molar-refractivity contribution in [1.82, 2.24) is 5.43 Å². The number of benzene rings is 1. The standard InChI is InChI=1S/C19H30N2/c1-13-10-11-16(12-14(13)2)19(21-20)18-9-5-7-15-6-3-4-8-17(15)18/h3-4,6,8,13-14,16,18-19,21H,5,7,9-12,20H2,1-2H3. The van der Waals surface area contributed by atoms with Crippen molar-refractivity contribution in [3.8, 4) is 0 Å². The summed E-state index contributed by atoms with van der Waals surface area (Å²) in [6, 6.07) is 9.45. The van der Waals surface area contributed by atoms with Gasteiger partial charge in [0.1, 0.15) is 0 Å². The highest BCUT2D eigenvalue weighted by Crippen LogP contribution is 2.42. The molecule has 1 aromatic carbocycles. The summed E-state index contributed by atoms with van der Waals surface area (Å²) in [5.74, 6) is 9.06. The van der Waals surface area contributed by atoms with E-state index in [1.54, 1.807) is 11.1 Å². The summed E-state index contributed by atoms with van der Waals surface area (Å²) in [5.41, 5.74) is 6.32. The Morgan fingerprint density at radius 2 is 1.90 bits per heavy atom. The normalized spacial score (nSPS) is 34.2. The van der Waals surface area contributed by atoms with Gasteiger partial charge in [-0.1, -0.05) is 44.5 Å². The largest absolute Gasteiger partial charge is 0.271 e. The Balaban J connectivity index is 1.81. The minimum Gasteiger partial charge on any atom is -0.271 e. The summed E-state index contributed by atoms with van der Waals surface area (Å²) in [6.07, 6.45) is 7.85. The number of rotatable bonds is 3. The fraction of sp³-hybridized carbons (Fsp3) is 0.684. The number of aryl methyl sites for hydroxylation is 1. The molecule has 3 N–H and O–H groups in total. The maximum atomic E-state index is 6.02. The maximum Gasteiger partial charge on any atom is 0.0307 e. The smallest absolute Gasteiger partial charge is 0.0307 e. The van der Waals surface area contributed by atoms with Crippen molar-refractivity contribution in [2.24, 2.45) is 23.6 Å². The first-order chi connectivity index (χ1) is 10.2. The average Bonchev–Trinajstić information content (AvgIpc) is 2.52. The lowest BCUT2D eigenvalue weighted by Gasteiger charge is -2.41. The first-order valence-corrected chi connectivity index (χ1v) is 8.74. The van der Waals surface area contributed by atoms with Gasteiger partial charge < -0.3 is 0 Å². The molecule has 1 fully saturated rings. The zero-order valence-electron chi connectivity index (χ0n) is 13.5. The van der Waals surface area contributed by atoms with Gasteiger partial charge in [0, 0.05) is 12.0 Å². The van der Waals surface area contributed by atoms with Crippen LogP contribution in [0.1, 0.15) is 63.0 Å². The molecule has 3 rings (SSSR count). The molecule has 21 heavy (non-hydrogen) atoms. The summed E-state index contributed by atoms with van der Waals surface area (Å²) in [5, 5.41) is 0. The van der Waals surface area contributed by atoms with E-state index < -0.39 is 0 Å². The Bertz CT molecular complexity index is 470. The predicted octanol–water partition coefficient (Wildman–Crippen LogP) is 4.01. The van der Waals surface area contributed by atoms with Crippen LogP contribution in [-0.4, -0.2) is 6.04 Å². The highest BCUT2D eigenvalue weighted by Gasteiger charge is 2.36. The van der Waals surface area contributed by atoms with Gasteiger partial charge in [0.2, 0.25) is 0 Å². The number of hydrogen-bond acceptors (Lipinski definition) is 2. The molecule has 0 amide bonds. The minimum atomic E-state index is 0.446. The second-order valence-corrected chi connectivity index (χ2v) is 7.42. The van der Waals surface area contributed by atoms with Crippen LogP contribution in [-0.2, 0) is 6.42 Å². The molecule has 2 heteroatoms. The third kappa shape index (κ3) is 3.02. The Morgan fingerprint density at radius 3 is 2.67 bits per heavy atom. The molecule has 0 heterocycles. The Labute approximate surface area is 129 Å². The molecule has 116 valence electrons. The van der Waals surface area contributed by atoms with Gasteiger partial charge in [-0.2, -0.15) is 0 Å². The van der Waals surface area contributed by atoms with Gasteiger partial charge in [-0.15, -0.1) is 0 Å². The Morgan fingerprint density at radius 1 is 1.10 bits per heavy atom. The summed E-state index contributed by atoms with van der Waals surface area (Å²) in [6.45, 7) is 4.82. The zero-order valence-corrected chi connectivity index (χ0v) is 13.5. The molecule has 0 radical (unpaired) electrons. The molecule has 0 spiro atoms. The highest BCUT2D eigenvalue weighted by atomic mass is 15.2. The predicted molar refractivity (Wildman–Crippen MR) is 88.9 cm³/mol. The van der Waals surface area contributed by atoms with E-state index in [4.69, 9.17) is 5.84 Å². The quantitative estimate of drug-likeness (QED) is 0.651. The van der Waals surface area contributed by atoms with Crippen molar-refractivity contribution in [2.75, 3.05) is 0 Å². The van der Waals surface area contributed by atoms with Crippen molar-refractivity contribution in [1.29, 1.82) is 0 Å². The second-order valence-electron chi connectivity index (χ2n) is 7.42. The van der Waals surface area contributed by atoms with Crippen molar-refractivity contribution in [3.63, 3.8) is 0 Å². The maximum absolute atomic E-state index is 6.02. The van der Waals surface area contributed by atoms with Crippen LogP contribution < -0.4 is 11.3 Å². The van der Waals surface area contributed by atoms with E-state index in [0.717, 1.165) is 17.8 Å². The highest BCUT2D eigenvalue weighted by molar-refractivity contribution is 5.34. The van der Waals surface area contributed by atoms with E-state index in [0.29, 0.717) is 12.0 Å². The van der Waals surface area contributed by atoms with Crippen molar-refractivity contribution in [2.45, 2.75) is 64.3 Å². The van der Waals surface area contributed by atoms with Gasteiger partial charge in [-0.25, -0.2) is 0 Å². The molecule has 2 nitrogen and oxygen atoms in total. The summed E-state index contributed by atoms with van der Waals surface area (Å²) >= 11 is 0. The van der Waals surface area contributed by atoms with Crippen LogP contribution in [0.3, 0.4) is 0 Å². The van der Waals surface area contributed by atoms with Crippen LogP contribution in [0.2, 0.25) is 0 Å². The van der Waals surface area contributed by atoms with E-state index >= 15 is 0 Å². The van der Waals surface area contributed by atoms with E-state index in [2.05, 4.69) is 43.5 Å². The number of hydrazine groups is 1. The molecule has 1 aromatic rings. The average molecular weight is 286 g/mol. The monoisotopic (exact) mass is 286 g/mol. The van der Waals surface area contributed by atoms with E-state index in [9.17, 15) is 0 Å². The van der Waals surface area contributed by atoms with Crippen LogP contribution in [0.4, 0.5) is 0 Å². The van der Waals surface area contributed by atoms with Crippen molar-refractivity contribution in [3.05, 3.63) is 35.4 Å². The van der Waals surface area contributed by atoms with Crippen LogP contribution in [0.25, 0.3) is 0 Å². The second kappa shape index (κ2) is 6.50. The third-order valence-corrected chi connectivity index (χ3v) is 6.19. The number of nitrogens with two attached hydrogens (primary N) is 1. The lowest BCUT2D eigenvalue weighted by Crippen LogP contribution is -2.47. The van der Waals surface area contributed by atoms with Gasteiger partial charge >= 0.3 is 0 Å². The SMILES string of the molecule is CC1CCC(C(NN)C2CCCc3ccccc32)CC1C. The van der Waals surface area contributed by atoms with Gasteiger partial charge in [-0.3, -0.25) is 11.3 Å². The molecule has 5 unspecified atom stereocenters. The first kappa shape index (κ1) is 15.1. The molecule has 0 bridgehead atoms. The van der Waals surface area contributed by atoms with E-state index in [1.807, 2.05) is 0 Å². The molecule has 0 aromatic heterocycles. The molecular weight excluding hydrogens is 256 g/mol. The number of fused-ring (bicyclic) bond motifs is 1. The van der Waals surface area contributed by atoms with Crippen LogP contribution in [0, 0.1) is 17.8 Å². The van der Waals surface area contributed by atoms with Gasteiger partial charge in [-0.05, 0) is 61.0 Å². The Hall–Kier alpha value is -0.860. The van der Waals surface area contributed by atoms with Gasteiger partial charge in [0.25, 0.3) is 0 Å². The first-order valence-electron chi connectivity index (χ1n) is 8.74. The van der Waals surface area contributed by atoms with Crippen LogP contribution >= 0.6 is 0 Å². The topological polar surface area (TPSA) is 38.0 Å². The van der Waals surface area contributed by atoms with Gasteiger partial charge in [0.15, 0.2) is 0 Å². The summed E-state index contributed by atoms with van der Waals surface area (Å²) < 4.78 is 0. The fourth-order valence-electron chi connectivity index (χ4n) is 4.66. The van der Waals surface area contributed by atoms with Crippen LogP contribution in [0.15, 0.2) is 24.3 Å². The number of hydrogen-bond donors (Lipinski definition) is 2. The molecule has 5 atom stereocenters. The molecule has 0 aliphatic heterocycles. The van der Waals surface area contributed by atoms with Crippen molar-refractivity contribution >= 4 is 0 Å². The molecule has 2 aliphatic rings. The summed E-state index contributed by atoms with van der Waals surface area (Å²) in [4.78, 5) is 0. The lowest BCUT2D eigenvalue weighted by atomic mass is 9.67. The fourth-order valence-corrected chi connectivity index (χ4v) is 4.66. The number of nitrogens with one attached hydrogen (secondary N) is 1. The Kier molecular flexibility index (Phi) is 4.66.